The SMILES string of the molecule is CCOc1ccc(C(O)c2cc(Br)ccc2OC)cc1. The van der Waals surface area contributed by atoms with Crippen molar-refractivity contribution in [1.82, 2.24) is 0 Å². The van der Waals surface area contributed by atoms with Gasteiger partial charge in [-0.3, -0.25) is 0 Å². The van der Waals surface area contributed by atoms with Gasteiger partial charge in [-0.2, -0.15) is 0 Å². The van der Waals surface area contributed by atoms with Gasteiger partial charge in [-0.1, -0.05) is 28.1 Å². The molecule has 0 fully saturated rings. The van der Waals surface area contributed by atoms with Crippen molar-refractivity contribution in [2.45, 2.75) is 13.0 Å². The minimum Gasteiger partial charge on any atom is -0.496 e. The van der Waals surface area contributed by atoms with Crippen LogP contribution in [0.4, 0.5) is 0 Å². The summed E-state index contributed by atoms with van der Waals surface area (Å²) in [5.41, 5.74) is 1.52. The van der Waals surface area contributed by atoms with E-state index in [-0.39, 0.29) is 0 Å². The lowest BCUT2D eigenvalue weighted by atomic mass is 10.0. The van der Waals surface area contributed by atoms with E-state index in [1.165, 1.54) is 0 Å². The number of halogens is 1. The fourth-order valence-electron chi connectivity index (χ4n) is 2.01. The van der Waals surface area contributed by atoms with Crippen LogP contribution in [0, 0.1) is 0 Å². The number of ether oxygens (including phenoxy) is 2. The topological polar surface area (TPSA) is 38.7 Å². The molecule has 0 aliphatic heterocycles. The van der Waals surface area contributed by atoms with Gasteiger partial charge in [0.15, 0.2) is 0 Å². The molecule has 0 saturated carbocycles. The maximum absolute atomic E-state index is 10.5. The molecule has 106 valence electrons. The van der Waals surface area contributed by atoms with Gasteiger partial charge in [-0.05, 0) is 42.8 Å². The average molecular weight is 337 g/mol. The zero-order valence-corrected chi connectivity index (χ0v) is 13.1. The van der Waals surface area contributed by atoms with E-state index in [2.05, 4.69) is 15.9 Å². The summed E-state index contributed by atoms with van der Waals surface area (Å²) in [6.45, 7) is 2.57. The van der Waals surface area contributed by atoms with Gasteiger partial charge in [-0.15, -0.1) is 0 Å². The Morgan fingerprint density at radius 1 is 1.15 bits per heavy atom. The maximum atomic E-state index is 10.5. The molecule has 1 N–H and O–H groups in total. The van der Waals surface area contributed by atoms with E-state index in [0.717, 1.165) is 21.3 Å². The summed E-state index contributed by atoms with van der Waals surface area (Å²) in [6.07, 6.45) is -0.738. The predicted molar refractivity (Wildman–Crippen MR) is 82.4 cm³/mol. The average Bonchev–Trinajstić information content (AvgIpc) is 2.47. The van der Waals surface area contributed by atoms with Crippen LogP contribution in [-0.4, -0.2) is 18.8 Å². The van der Waals surface area contributed by atoms with E-state index in [4.69, 9.17) is 9.47 Å². The van der Waals surface area contributed by atoms with Gasteiger partial charge in [0.25, 0.3) is 0 Å². The molecule has 0 bridgehead atoms. The van der Waals surface area contributed by atoms with Crippen LogP contribution in [-0.2, 0) is 0 Å². The third kappa shape index (κ3) is 3.32. The first-order valence-electron chi connectivity index (χ1n) is 6.40. The largest absolute Gasteiger partial charge is 0.496 e. The van der Waals surface area contributed by atoms with Crippen LogP contribution >= 0.6 is 15.9 Å². The first-order valence-corrected chi connectivity index (χ1v) is 7.19. The Balaban J connectivity index is 2.30. The Bertz CT molecular complexity index is 566. The van der Waals surface area contributed by atoms with Crippen molar-refractivity contribution in [3.63, 3.8) is 0 Å². The van der Waals surface area contributed by atoms with Gasteiger partial charge in [0.05, 0.1) is 13.7 Å². The molecule has 0 aliphatic carbocycles. The van der Waals surface area contributed by atoms with Crippen LogP contribution in [0.5, 0.6) is 11.5 Å². The standard InChI is InChI=1S/C16H17BrO3/c1-3-20-13-7-4-11(5-8-13)16(18)14-10-12(17)6-9-15(14)19-2/h4-10,16,18H,3H2,1-2H3. The summed E-state index contributed by atoms with van der Waals surface area (Å²) in [4.78, 5) is 0. The number of hydrogen-bond donors (Lipinski definition) is 1. The Morgan fingerprint density at radius 2 is 1.85 bits per heavy atom. The summed E-state index contributed by atoms with van der Waals surface area (Å²) >= 11 is 3.41. The van der Waals surface area contributed by atoms with Crippen LogP contribution < -0.4 is 9.47 Å². The molecule has 2 aromatic carbocycles. The molecule has 2 aromatic rings. The number of methoxy groups -OCH3 is 1. The molecule has 0 radical (unpaired) electrons. The van der Waals surface area contributed by atoms with E-state index in [1.807, 2.05) is 49.4 Å². The van der Waals surface area contributed by atoms with Crippen LogP contribution in [0.2, 0.25) is 0 Å². The Labute approximate surface area is 127 Å². The summed E-state index contributed by atoms with van der Waals surface area (Å²) in [5.74, 6) is 1.46. The molecule has 0 aromatic heterocycles. The second-order valence-corrected chi connectivity index (χ2v) is 5.21. The molecule has 4 heteroatoms. The molecule has 0 amide bonds. The van der Waals surface area contributed by atoms with E-state index >= 15 is 0 Å². The lowest BCUT2D eigenvalue weighted by Gasteiger charge is -2.16. The van der Waals surface area contributed by atoms with Gasteiger partial charge < -0.3 is 14.6 Å². The molecule has 0 heterocycles. The Morgan fingerprint density at radius 3 is 2.45 bits per heavy atom. The van der Waals surface area contributed by atoms with Gasteiger partial charge in [0.2, 0.25) is 0 Å². The smallest absolute Gasteiger partial charge is 0.125 e. The van der Waals surface area contributed by atoms with E-state index in [0.29, 0.717) is 12.4 Å². The van der Waals surface area contributed by atoms with Crippen molar-refractivity contribution in [1.29, 1.82) is 0 Å². The Hall–Kier alpha value is -1.52. The zero-order valence-electron chi connectivity index (χ0n) is 11.5. The van der Waals surface area contributed by atoms with E-state index < -0.39 is 6.10 Å². The molecule has 0 aliphatic rings. The van der Waals surface area contributed by atoms with Gasteiger partial charge in [0, 0.05) is 10.0 Å². The first-order chi connectivity index (χ1) is 9.65. The van der Waals surface area contributed by atoms with Gasteiger partial charge in [-0.25, -0.2) is 0 Å². The minimum absolute atomic E-state index is 0.626. The monoisotopic (exact) mass is 336 g/mol. The molecule has 2 rings (SSSR count). The molecule has 1 atom stereocenters. The minimum atomic E-state index is -0.738. The van der Waals surface area contributed by atoms with Crippen LogP contribution in [0.3, 0.4) is 0 Å². The number of aliphatic hydroxyl groups is 1. The van der Waals surface area contributed by atoms with Crippen LogP contribution in [0.1, 0.15) is 24.2 Å². The molecular formula is C16H17BrO3. The van der Waals surface area contributed by atoms with Crippen molar-refractivity contribution in [3.8, 4) is 11.5 Å². The highest BCUT2D eigenvalue weighted by Crippen LogP contribution is 2.32. The molecule has 0 spiro atoms. The van der Waals surface area contributed by atoms with Crippen LogP contribution in [0.15, 0.2) is 46.9 Å². The van der Waals surface area contributed by atoms with Gasteiger partial charge >= 0.3 is 0 Å². The third-order valence-electron chi connectivity index (χ3n) is 2.99. The fraction of sp³-hybridized carbons (Fsp3) is 0.250. The van der Waals surface area contributed by atoms with Crippen molar-refractivity contribution in [2.24, 2.45) is 0 Å². The summed E-state index contributed by atoms with van der Waals surface area (Å²) in [5, 5.41) is 10.5. The highest BCUT2D eigenvalue weighted by atomic mass is 79.9. The van der Waals surface area contributed by atoms with Crippen molar-refractivity contribution in [3.05, 3.63) is 58.1 Å². The Kier molecular flexibility index (Phi) is 5.04. The second-order valence-electron chi connectivity index (χ2n) is 4.29. The lowest BCUT2D eigenvalue weighted by molar-refractivity contribution is 0.214. The summed E-state index contributed by atoms with van der Waals surface area (Å²) in [6, 6.07) is 13.0. The van der Waals surface area contributed by atoms with Crippen molar-refractivity contribution in [2.75, 3.05) is 13.7 Å². The van der Waals surface area contributed by atoms with E-state index in [9.17, 15) is 5.11 Å². The molecule has 20 heavy (non-hydrogen) atoms. The molecule has 1 unspecified atom stereocenters. The first kappa shape index (κ1) is 14.9. The van der Waals surface area contributed by atoms with Crippen molar-refractivity contribution < 1.29 is 14.6 Å². The second kappa shape index (κ2) is 6.77. The normalized spacial score (nSPS) is 12.0. The summed E-state index contributed by atoms with van der Waals surface area (Å²) < 4.78 is 11.6. The fourth-order valence-corrected chi connectivity index (χ4v) is 2.39. The number of benzene rings is 2. The highest BCUT2D eigenvalue weighted by molar-refractivity contribution is 9.10. The number of aliphatic hydroxyl groups excluding tert-OH is 1. The third-order valence-corrected chi connectivity index (χ3v) is 3.49. The van der Waals surface area contributed by atoms with E-state index in [1.54, 1.807) is 7.11 Å². The number of rotatable bonds is 5. The number of hydrogen-bond acceptors (Lipinski definition) is 3. The van der Waals surface area contributed by atoms with Crippen LogP contribution in [0.25, 0.3) is 0 Å². The molecule has 0 saturated heterocycles. The van der Waals surface area contributed by atoms with Crippen molar-refractivity contribution >= 4 is 15.9 Å². The quantitative estimate of drug-likeness (QED) is 0.898. The maximum Gasteiger partial charge on any atom is 0.125 e. The highest BCUT2D eigenvalue weighted by Gasteiger charge is 2.16. The molecular weight excluding hydrogens is 320 g/mol. The predicted octanol–water partition coefficient (Wildman–Crippen LogP) is 3.94. The summed E-state index contributed by atoms with van der Waals surface area (Å²) in [7, 11) is 1.59. The zero-order chi connectivity index (χ0) is 14.5. The molecule has 3 nitrogen and oxygen atoms in total. The lowest BCUT2D eigenvalue weighted by Crippen LogP contribution is -2.02. The van der Waals surface area contributed by atoms with Gasteiger partial charge in [0.1, 0.15) is 17.6 Å².